The molecule has 0 aromatic heterocycles. The fourth-order valence-electron chi connectivity index (χ4n) is 0.655. The molecule has 6 nitrogen and oxygen atoms in total. The maximum absolute atomic E-state index is 12.6. The van der Waals surface area contributed by atoms with Crippen LogP contribution in [0.15, 0.2) is 18.2 Å². The van der Waals surface area contributed by atoms with Gasteiger partial charge in [0.1, 0.15) is 0 Å². The van der Waals surface area contributed by atoms with Gasteiger partial charge in [0.15, 0.2) is 17.3 Å². The number of amides is 2. The lowest BCUT2D eigenvalue weighted by Gasteiger charge is -1.92. The summed E-state index contributed by atoms with van der Waals surface area (Å²) in [5, 5.41) is 10.3. The van der Waals surface area contributed by atoms with E-state index in [1.165, 1.54) is 6.07 Å². The number of urea groups is 1. The number of rotatable bonds is 1. The van der Waals surface area contributed by atoms with E-state index < -0.39 is 23.4 Å². The van der Waals surface area contributed by atoms with Crippen LogP contribution in [0, 0.1) is 17.0 Å². The van der Waals surface area contributed by atoms with Gasteiger partial charge in [0.25, 0.3) is 5.39 Å². The predicted octanol–water partition coefficient (Wildman–Crippen LogP) is 1.17. The van der Waals surface area contributed by atoms with Crippen molar-refractivity contribution in [3.05, 3.63) is 34.9 Å². The Bertz CT molecular complexity index is 365. The molecule has 0 spiro atoms. The Morgan fingerprint density at radius 2 is 1.73 bits per heavy atom. The first-order valence-electron chi connectivity index (χ1n) is 3.58. The van der Waals surface area contributed by atoms with Crippen LogP contribution in [0.2, 0.25) is 0 Å². The molecule has 0 saturated carbocycles. The Labute approximate surface area is 83.5 Å². The summed E-state index contributed by atoms with van der Waals surface area (Å²) in [4.78, 5) is 9.00. The summed E-state index contributed by atoms with van der Waals surface area (Å²) in [6, 6.07) is 2.49. The van der Waals surface area contributed by atoms with Gasteiger partial charge >= 0.3 is 11.1 Å². The first-order valence-corrected chi connectivity index (χ1v) is 3.58. The molecule has 0 aliphatic heterocycles. The van der Waals surface area contributed by atoms with Crippen LogP contribution in [0.25, 0.3) is 5.08 Å². The number of diazo groups is 1. The largest absolute Gasteiger partial charge is 0.352 e. The zero-order valence-corrected chi connectivity index (χ0v) is 7.45. The Morgan fingerprint density at radius 3 is 2.07 bits per heavy atom. The molecule has 0 radical (unpaired) electrons. The molecule has 0 bridgehead atoms. The third-order valence-corrected chi connectivity index (χ3v) is 1.12. The summed E-state index contributed by atoms with van der Waals surface area (Å²) in [5.41, 5.74) is 9.81. The first kappa shape index (κ1) is 12.6. The molecule has 0 unspecified atom stereocenters. The van der Waals surface area contributed by atoms with Gasteiger partial charge in [0.2, 0.25) is 0 Å². The Morgan fingerprint density at radius 1 is 1.33 bits per heavy atom. The molecule has 0 aliphatic rings. The molecule has 5 N–H and O–H groups in total. The summed E-state index contributed by atoms with van der Waals surface area (Å²) in [6.07, 6.45) is 0. The third-order valence-electron chi connectivity index (χ3n) is 1.12. The zero-order valence-electron chi connectivity index (χ0n) is 7.45. The average Bonchev–Trinajstić information content (AvgIpc) is 2.11. The lowest BCUT2D eigenvalue weighted by atomic mass is 10.3. The number of nitrogens with one attached hydrogen (secondary N) is 1. The van der Waals surface area contributed by atoms with Crippen LogP contribution < -0.4 is 16.9 Å². The van der Waals surface area contributed by atoms with Crippen LogP contribution in [-0.4, -0.2) is 6.03 Å². The van der Waals surface area contributed by atoms with E-state index in [-0.39, 0.29) is 0 Å². The monoisotopic (exact) mass is 216 g/mol. The Kier molecular flexibility index (Phi) is 5.10. The van der Waals surface area contributed by atoms with Crippen molar-refractivity contribution < 1.29 is 13.6 Å². The van der Waals surface area contributed by atoms with E-state index in [9.17, 15) is 8.78 Å². The molecule has 1 aromatic carbocycles. The first-order chi connectivity index (χ1) is 6.99. The molecule has 1 rings (SSSR count). The highest BCUT2D eigenvalue weighted by Gasteiger charge is 2.11. The highest BCUT2D eigenvalue weighted by Crippen LogP contribution is 2.17. The summed E-state index contributed by atoms with van der Waals surface area (Å²) in [5.74, 6) is -1.61. The standard InChI is InChI=1S/C6H4F2N3.CH4N2O/c7-4-2-1-3-5(8)6(4)10-11-9;2-1(3)4/h1-3,10H;(H4,2,3,4)/q+1;. The number of anilines is 1. The summed E-state index contributed by atoms with van der Waals surface area (Å²) >= 11 is 0. The van der Waals surface area contributed by atoms with Gasteiger partial charge in [-0.2, -0.15) is 0 Å². The number of hydrogen-bond donors (Lipinski definition) is 3. The number of nitrogens with zero attached hydrogens (tertiary/aromatic N) is 2. The number of hydrogen-bond acceptors (Lipinski definition) is 3. The van der Waals surface area contributed by atoms with E-state index in [4.69, 9.17) is 10.2 Å². The second-order valence-electron chi connectivity index (χ2n) is 2.21. The van der Waals surface area contributed by atoms with Crippen molar-refractivity contribution in [1.29, 1.82) is 5.39 Å². The molecule has 0 atom stereocenters. The van der Waals surface area contributed by atoms with Crippen molar-refractivity contribution >= 4 is 11.7 Å². The molecule has 0 fully saturated rings. The predicted molar refractivity (Wildman–Crippen MR) is 48.8 cm³/mol. The number of carbonyl (C=O) groups is 1. The normalized spacial score (nSPS) is 8.07. The second-order valence-corrected chi connectivity index (χ2v) is 2.21. The van der Waals surface area contributed by atoms with Crippen LogP contribution >= 0.6 is 0 Å². The quantitative estimate of drug-likeness (QED) is 0.484. The van der Waals surface area contributed by atoms with E-state index in [2.05, 4.69) is 16.6 Å². The summed E-state index contributed by atoms with van der Waals surface area (Å²) in [6.45, 7) is 0. The van der Waals surface area contributed by atoms with Gasteiger partial charge in [-0.25, -0.2) is 13.6 Å². The molecule has 0 heterocycles. The topological polar surface area (TPSA) is 109 Å². The number of carbonyl (C=O) groups excluding carboxylic acids is 1. The molecule has 1 aromatic rings. The maximum atomic E-state index is 12.6. The minimum Gasteiger partial charge on any atom is -0.352 e. The average molecular weight is 216 g/mol. The smallest absolute Gasteiger partial charge is 0.309 e. The van der Waals surface area contributed by atoms with Gasteiger partial charge in [0.05, 0.1) is 0 Å². The van der Waals surface area contributed by atoms with Crippen LogP contribution in [-0.2, 0) is 0 Å². The fourth-order valence-corrected chi connectivity index (χ4v) is 0.655. The maximum Gasteiger partial charge on any atom is 0.309 e. The molecule has 8 heteroatoms. The van der Waals surface area contributed by atoms with Crippen molar-refractivity contribution in [2.45, 2.75) is 0 Å². The lowest BCUT2D eigenvalue weighted by molar-refractivity contribution is 0.256. The van der Waals surface area contributed by atoms with Crippen molar-refractivity contribution in [3.8, 4) is 0 Å². The van der Waals surface area contributed by atoms with Gasteiger partial charge < -0.3 is 11.5 Å². The van der Waals surface area contributed by atoms with E-state index >= 15 is 0 Å². The minimum absolute atomic E-state index is 0.463. The number of primary amides is 2. The fraction of sp³-hybridized carbons (Fsp3) is 0. The molecule has 15 heavy (non-hydrogen) atoms. The number of benzene rings is 1. The van der Waals surface area contributed by atoms with E-state index in [1.54, 1.807) is 5.43 Å². The zero-order chi connectivity index (χ0) is 11.8. The SMILES string of the molecule is N#[N+]Nc1c(F)cccc1F.NC(N)=O. The highest BCUT2D eigenvalue weighted by molar-refractivity contribution is 5.69. The van der Waals surface area contributed by atoms with E-state index in [1.807, 2.05) is 0 Å². The number of para-hydroxylation sites is 1. The van der Waals surface area contributed by atoms with Crippen molar-refractivity contribution in [2.75, 3.05) is 5.43 Å². The summed E-state index contributed by atoms with van der Waals surface area (Å²) < 4.78 is 25.1. The van der Waals surface area contributed by atoms with E-state index in [0.29, 0.717) is 0 Å². The van der Waals surface area contributed by atoms with Gasteiger partial charge in [-0.15, -0.1) is 0 Å². The molecule has 80 valence electrons. The van der Waals surface area contributed by atoms with Crippen LogP contribution in [0.3, 0.4) is 0 Å². The Balaban J connectivity index is 0.000000423. The second kappa shape index (κ2) is 6.09. The van der Waals surface area contributed by atoms with Gasteiger partial charge in [-0.3, -0.25) is 0 Å². The molecule has 0 aliphatic carbocycles. The van der Waals surface area contributed by atoms with E-state index in [0.717, 1.165) is 12.1 Å². The van der Waals surface area contributed by atoms with Crippen molar-refractivity contribution in [3.63, 3.8) is 0 Å². The third kappa shape index (κ3) is 4.99. The number of nitrogens with two attached hydrogens (primary N) is 2. The van der Waals surface area contributed by atoms with Gasteiger partial charge in [-0.1, -0.05) is 6.07 Å². The highest BCUT2D eigenvalue weighted by atomic mass is 19.1. The van der Waals surface area contributed by atoms with Gasteiger partial charge in [0, 0.05) is 0 Å². The van der Waals surface area contributed by atoms with Crippen LogP contribution in [0.1, 0.15) is 0 Å². The molecule has 0 saturated heterocycles. The number of halogens is 2. The van der Waals surface area contributed by atoms with Crippen LogP contribution in [0.4, 0.5) is 19.3 Å². The van der Waals surface area contributed by atoms with Crippen LogP contribution in [0.5, 0.6) is 0 Å². The van der Waals surface area contributed by atoms with Crippen molar-refractivity contribution in [2.24, 2.45) is 11.5 Å². The molecular weight excluding hydrogens is 208 g/mol. The lowest BCUT2D eigenvalue weighted by Crippen LogP contribution is -2.18. The molecular formula is C7H8F2N5O+. The summed E-state index contributed by atoms with van der Waals surface area (Å²) in [7, 11) is 0. The van der Waals surface area contributed by atoms with Crippen molar-refractivity contribution in [1.82, 2.24) is 0 Å². The Hall–Kier alpha value is -2.43. The molecule has 2 amide bonds. The van der Waals surface area contributed by atoms with Gasteiger partial charge in [-0.05, 0) is 17.6 Å². The minimum atomic E-state index is -0.833.